The van der Waals surface area contributed by atoms with Gasteiger partial charge in [0.1, 0.15) is 17.3 Å². The summed E-state index contributed by atoms with van der Waals surface area (Å²) in [5.41, 5.74) is 3.55. The first-order valence-corrected chi connectivity index (χ1v) is 9.76. The third kappa shape index (κ3) is 7.00. The number of amides is 2. The van der Waals surface area contributed by atoms with E-state index in [1.54, 1.807) is 48.5 Å². The summed E-state index contributed by atoms with van der Waals surface area (Å²) in [6.07, 6.45) is 1.40. The van der Waals surface area contributed by atoms with E-state index < -0.39 is 23.6 Å². The number of hydrogen-bond acceptors (Lipinski definition) is 6. The van der Waals surface area contributed by atoms with Crippen molar-refractivity contribution in [2.75, 3.05) is 13.7 Å². The topological polar surface area (TPSA) is 106 Å². The zero-order chi connectivity index (χ0) is 23.6. The molecule has 0 aliphatic carbocycles. The lowest BCUT2D eigenvalue weighted by Gasteiger charge is -2.06. The zero-order valence-electron chi connectivity index (χ0n) is 17.6. The molecule has 0 saturated heterocycles. The highest BCUT2D eigenvalue weighted by Crippen LogP contribution is 2.16. The number of nitrogens with one attached hydrogen (secondary N) is 2. The van der Waals surface area contributed by atoms with Crippen LogP contribution in [-0.4, -0.2) is 37.7 Å². The van der Waals surface area contributed by atoms with Gasteiger partial charge in [-0.2, -0.15) is 5.10 Å². The van der Waals surface area contributed by atoms with E-state index in [0.29, 0.717) is 22.6 Å². The second-order valence-electron chi connectivity index (χ2n) is 6.67. The van der Waals surface area contributed by atoms with Crippen LogP contribution >= 0.6 is 0 Å². The normalized spacial score (nSPS) is 10.5. The van der Waals surface area contributed by atoms with E-state index in [0.717, 1.165) is 12.1 Å². The lowest BCUT2D eigenvalue weighted by molar-refractivity contribution is -0.120. The van der Waals surface area contributed by atoms with Crippen LogP contribution in [0, 0.1) is 5.82 Å². The number of halogens is 1. The number of carbonyl (C=O) groups excluding carboxylic acids is 3. The van der Waals surface area contributed by atoms with Crippen molar-refractivity contribution >= 4 is 24.0 Å². The molecule has 2 N–H and O–H groups in total. The number of hydrazone groups is 1. The van der Waals surface area contributed by atoms with Crippen molar-refractivity contribution in [1.82, 2.24) is 10.7 Å². The Kier molecular flexibility index (Phi) is 7.85. The van der Waals surface area contributed by atoms with Gasteiger partial charge in [-0.05, 0) is 78.4 Å². The Balaban J connectivity index is 1.44. The summed E-state index contributed by atoms with van der Waals surface area (Å²) in [6, 6.07) is 18.0. The minimum atomic E-state index is -0.535. The number of methoxy groups -OCH3 is 1. The largest absolute Gasteiger partial charge is 0.497 e. The fourth-order valence-electron chi connectivity index (χ4n) is 2.60. The molecule has 3 aromatic carbocycles. The van der Waals surface area contributed by atoms with Crippen LogP contribution in [0.1, 0.15) is 26.3 Å². The second-order valence-corrected chi connectivity index (χ2v) is 6.67. The summed E-state index contributed by atoms with van der Waals surface area (Å²) in [6.45, 7) is -0.298. The lowest BCUT2D eigenvalue weighted by atomic mass is 10.2. The first-order valence-electron chi connectivity index (χ1n) is 9.76. The van der Waals surface area contributed by atoms with Crippen molar-refractivity contribution in [3.63, 3.8) is 0 Å². The maximum atomic E-state index is 12.9. The van der Waals surface area contributed by atoms with Crippen LogP contribution in [0.15, 0.2) is 77.9 Å². The van der Waals surface area contributed by atoms with Gasteiger partial charge in [0.05, 0.1) is 25.4 Å². The molecule has 3 rings (SSSR count). The van der Waals surface area contributed by atoms with Gasteiger partial charge in [-0.15, -0.1) is 0 Å². The van der Waals surface area contributed by atoms with Gasteiger partial charge in [-0.1, -0.05) is 0 Å². The quantitative estimate of drug-likeness (QED) is 0.238. The number of ether oxygens (including phenoxy) is 2. The molecule has 3 aromatic rings. The minimum Gasteiger partial charge on any atom is -0.497 e. The molecule has 0 spiro atoms. The standard InChI is InChI=1S/C24H20FN3O5/c1-32-20-12-6-18(7-13-20)24(31)33-21-10-2-16(3-11-21)14-27-28-22(29)15-26-23(30)17-4-8-19(25)9-5-17/h2-14H,15H2,1H3,(H,26,30)(H,28,29)/b27-14+. The van der Waals surface area contributed by atoms with E-state index in [4.69, 9.17) is 9.47 Å². The van der Waals surface area contributed by atoms with Crippen LogP contribution in [0.3, 0.4) is 0 Å². The second kappa shape index (κ2) is 11.2. The SMILES string of the molecule is COc1ccc(C(=O)Oc2ccc(/C=N/NC(=O)CNC(=O)c3ccc(F)cc3)cc2)cc1. The maximum absolute atomic E-state index is 12.9. The van der Waals surface area contributed by atoms with Gasteiger partial charge in [-0.25, -0.2) is 14.6 Å². The van der Waals surface area contributed by atoms with Gasteiger partial charge in [0.15, 0.2) is 0 Å². The Morgan fingerprint density at radius 2 is 1.48 bits per heavy atom. The number of esters is 1. The molecular formula is C24H20FN3O5. The minimum absolute atomic E-state index is 0.237. The number of nitrogens with zero attached hydrogens (tertiary/aromatic N) is 1. The van der Waals surface area contributed by atoms with Crippen LogP contribution in [0.5, 0.6) is 11.5 Å². The van der Waals surface area contributed by atoms with Gasteiger partial charge in [0.25, 0.3) is 11.8 Å². The first-order chi connectivity index (χ1) is 15.9. The highest BCUT2D eigenvalue weighted by molar-refractivity contribution is 5.96. The molecule has 0 atom stereocenters. The van der Waals surface area contributed by atoms with Crippen LogP contribution in [0.25, 0.3) is 0 Å². The lowest BCUT2D eigenvalue weighted by Crippen LogP contribution is -2.34. The molecule has 0 heterocycles. The van der Waals surface area contributed by atoms with Crippen LogP contribution < -0.4 is 20.2 Å². The van der Waals surface area contributed by atoms with Gasteiger partial charge in [0.2, 0.25) is 0 Å². The highest BCUT2D eigenvalue weighted by Gasteiger charge is 2.09. The summed E-state index contributed by atoms with van der Waals surface area (Å²) in [7, 11) is 1.54. The Hall–Kier alpha value is -4.53. The molecule has 0 aliphatic rings. The van der Waals surface area contributed by atoms with E-state index in [9.17, 15) is 18.8 Å². The summed E-state index contributed by atoms with van der Waals surface area (Å²) in [5.74, 6) is -1.02. The summed E-state index contributed by atoms with van der Waals surface area (Å²) >= 11 is 0. The van der Waals surface area contributed by atoms with E-state index in [1.165, 1.54) is 25.5 Å². The number of hydrogen-bond donors (Lipinski definition) is 2. The van der Waals surface area contributed by atoms with Crippen molar-refractivity contribution in [3.05, 3.63) is 95.3 Å². The van der Waals surface area contributed by atoms with Crippen molar-refractivity contribution in [1.29, 1.82) is 0 Å². The van der Waals surface area contributed by atoms with Crippen molar-refractivity contribution in [2.24, 2.45) is 5.10 Å². The molecule has 168 valence electrons. The smallest absolute Gasteiger partial charge is 0.343 e. The average Bonchev–Trinajstić information content (AvgIpc) is 2.84. The van der Waals surface area contributed by atoms with Crippen LogP contribution in [-0.2, 0) is 4.79 Å². The summed E-state index contributed by atoms with van der Waals surface area (Å²) in [5, 5.41) is 6.22. The number of benzene rings is 3. The Labute approximate surface area is 189 Å². The van der Waals surface area contributed by atoms with Crippen molar-refractivity contribution < 1.29 is 28.2 Å². The molecule has 0 bridgehead atoms. The van der Waals surface area contributed by atoms with Gasteiger partial charge in [-0.3, -0.25) is 9.59 Å². The number of carbonyl (C=O) groups is 3. The third-order valence-electron chi connectivity index (χ3n) is 4.34. The fourth-order valence-corrected chi connectivity index (χ4v) is 2.60. The molecule has 0 fully saturated rings. The average molecular weight is 449 g/mol. The van der Waals surface area contributed by atoms with E-state index >= 15 is 0 Å². The molecule has 8 nitrogen and oxygen atoms in total. The molecule has 0 aliphatic heterocycles. The maximum Gasteiger partial charge on any atom is 0.343 e. The Morgan fingerprint density at radius 3 is 2.12 bits per heavy atom. The molecule has 0 saturated carbocycles. The highest BCUT2D eigenvalue weighted by atomic mass is 19.1. The third-order valence-corrected chi connectivity index (χ3v) is 4.34. The molecule has 0 unspecified atom stereocenters. The van der Waals surface area contributed by atoms with Gasteiger partial charge < -0.3 is 14.8 Å². The molecule has 0 aromatic heterocycles. The Bertz CT molecular complexity index is 1140. The molecular weight excluding hydrogens is 429 g/mol. The monoisotopic (exact) mass is 449 g/mol. The first kappa shape index (κ1) is 23.1. The molecule has 0 radical (unpaired) electrons. The fraction of sp³-hybridized carbons (Fsp3) is 0.0833. The summed E-state index contributed by atoms with van der Waals surface area (Å²) < 4.78 is 23.2. The predicted molar refractivity (Wildman–Crippen MR) is 119 cm³/mol. The van der Waals surface area contributed by atoms with E-state index in [1.807, 2.05) is 0 Å². The van der Waals surface area contributed by atoms with E-state index in [-0.39, 0.29) is 12.1 Å². The van der Waals surface area contributed by atoms with Crippen LogP contribution in [0.4, 0.5) is 4.39 Å². The zero-order valence-corrected chi connectivity index (χ0v) is 17.6. The summed E-state index contributed by atoms with van der Waals surface area (Å²) in [4.78, 5) is 35.9. The van der Waals surface area contributed by atoms with Crippen LogP contribution in [0.2, 0.25) is 0 Å². The molecule has 9 heteroatoms. The van der Waals surface area contributed by atoms with Crippen molar-refractivity contribution in [3.8, 4) is 11.5 Å². The van der Waals surface area contributed by atoms with Crippen molar-refractivity contribution in [2.45, 2.75) is 0 Å². The number of rotatable bonds is 8. The molecule has 33 heavy (non-hydrogen) atoms. The van der Waals surface area contributed by atoms with Gasteiger partial charge in [0, 0.05) is 5.56 Å². The Morgan fingerprint density at radius 1 is 0.879 bits per heavy atom. The molecule has 2 amide bonds. The van der Waals surface area contributed by atoms with Gasteiger partial charge >= 0.3 is 5.97 Å². The predicted octanol–water partition coefficient (Wildman–Crippen LogP) is 2.93. The van der Waals surface area contributed by atoms with E-state index in [2.05, 4.69) is 15.8 Å².